The summed E-state index contributed by atoms with van der Waals surface area (Å²) in [6, 6.07) is 13.2. The van der Waals surface area contributed by atoms with Gasteiger partial charge in [0, 0.05) is 6.54 Å². The van der Waals surface area contributed by atoms with Crippen molar-refractivity contribution < 1.29 is 19.1 Å². The molecule has 1 unspecified atom stereocenters. The van der Waals surface area contributed by atoms with Gasteiger partial charge in [-0.3, -0.25) is 0 Å². The van der Waals surface area contributed by atoms with E-state index in [9.17, 15) is 9.59 Å². The fourth-order valence-corrected chi connectivity index (χ4v) is 3.43. The molecule has 2 aromatic rings. The van der Waals surface area contributed by atoms with E-state index in [1.165, 1.54) is 25.3 Å². The van der Waals surface area contributed by atoms with E-state index in [4.69, 9.17) is 9.47 Å². The van der Waals surface area contributed by atoms with Crippen molar-refractivity contribution in [1.82, 2.24) is 10.6 Å². The number of fused-ring (bicyclic) bond motifs is 1. The van der Waals surface area contributed by atoms with E-state index in [2.05, 4.69) is 22.8 Å². The molecule has 0 spiro atoms. The Hall–Kier alpha value is -3.02. The van der Waals surface area contributed by atoms with Gasteiger partial charge in [0.25, 0.3) is 0 Å². The first-order valence-corrected chi connectivity index (χ1v) is 8.99. The van der Waals surface area contributed by atoms with Crippen molar-refractivity contribution in [2.75, 3.05) is 14.2 Å². The summed E-state index contributed by atoms with van der Waals surface area (Å²) in [5, 5.41) is 5.91. The Labute approximate surface area is 158 Å². The van der Waals surface area contributed by atoms with E-state index in [-0.39, 0.29) is 12.1 Å². The molecule has 2 N–H and O–H groups in total. The third kappa shape index (κ3) is 4.39. The zero-order valence-corrected chi connectivity index (χ0v) is 15.6. The average Bonchev–Trinajstić information content (AvgIpc) is 2.71. The largest absolute Gasteiger partial charge is 0.496 e. The van der Waals surface area contributed by atoms with Crippen molar-refractivity contribution in [3.63, 3.8) is 0 Å². The van der Waals surface area contributed by atoms with Gasteiger partial charge >= 0.3 is 12.0 Å². The van der Waals surface area contributed by atoms with Crippen LogP contribution in [0.25, 0.3) is 0 Å². The number of methoxy groups -OCH3 is 2. The Balaban J connectivity index is 1.62. The van der Waals surface area contributed by atoms with Crippen LogP contribution in [-0.2, 0) is 17.7 Å². The van der Waals surface area contributed by atoms with Crippen molar-refractivity contribution in [3.8, 4) is 5.75 Å². The van der Waals surface area contributed by atoms with Crippen LogP contribution in [0, 0.1) is 0 Å². The van der Waals surface area contributed by atoms with E-state index < -0.39 is 5.97 Å². The molecule has 6 nitrogen and oxygen atoms in total. The van der Waals surface area contributed by atoms with Crippen LogP contribution in [0.2, 0.25) is 0 Å². The Morgan fingerprint density at radius 3 is 2.74 bits per heavy atom. The first-order chi connectivity index (χ1) is 13.1. The number of urea groups is 1. The Bertz CT molecular complexity index is 835. The smallest absolute Gasteiger partial charge is 0.341 e. The lowest BCUT2D eigenvalue weighted by atomic mass is 9.88. The maximum Gasteiger partial charge on any atom is 0.341 e. The van der Waals surface area contributed by atoms with Crippen LogP contribution in [0.15, 0.2) is 42.5 Å². The van der Waals surface area contributed by atoms with Crippen LogP contribution in [0.1, 0.15) is 45.9 Å². The van der Waals surface area contributed by atoms with E-state index in [1.54, 1.807) is 12.1 Å². The number of carbonyl (C=O) groups excluding carboxylic acids is 2. The summed E-state index contributed by atoms with van der Waals surface area (Å²) in [6.07, 6.45) is 3.04. The molecule has 142 valence electrons. The number of esters is 1. The molecule has 1 aliphatic rings. The van der Waals surface area contributed by atoms with Crippen LogP contribution in [-0.4, -0.2) is 26.2 Å². The normalized spacial score (nSPS) is 15.4. The fraction of sp³-hybridized carbons (Fsp3) is 0.333. The molecule has 0 bridgehead atoms. The molecule has 6 heteroatoms. The summed E-state index contributed by atoms with van der Waals surface area (Å²) in [4.78, 5) is 24.2. The summed E-state index contributed by atoms with van der Waals surface area (Å²) in [7, 11) is 2.82. The number of hydrogen-bond acceptors (Lipinski definition) is 4. The van der Waals surface area contributed by atoms with Crippen LogP contribution in [0.4, 0.5) is 4.79 Å². The predicted molar refractivity (Wildman–Crippen MR) is 102 cm³/mol. The first-order valence-electron chi connectivity index (χ1n) is 8.99. The Morgan fingerprint density at radius 2 is 1.96 bits per heavy atom. The summed E-state index contributed by atoms with van der Waals surface area (Å²) >= 11 is 0. The molecule has 0 heterocycles. The minimum absolute atomic E-state index is 0.0245. The second kappa shape index (κ2) is 8.58. The maximum atomic E-state index is 12.4. The first kappa shape index (κ1) is 18.8. The molecule has 2 aromatic carbocycles. The SMILES string of the molecule is COC(=O)c1cc(CNC(=O)NC2CCCc3ccccc32)ccc1OC. The minimum Gasteiger partial charge on any atom is -0.496 e. The molecular weight excluding hydrogens is 344 g/mol. The molecule has 0 saturated heterocycles. The Kier molecular flexibility index (Phi) is 5.96. The van der Waals surface area contributed by atoms with Gasteiger partial charge in [0.15, 0.2) is 0 Å². The highest BCUT2D eigenvalue weighted by molar-refractivity contribution is 5.92. The van der Waals surface area contributed by atoms with Gasteiger partial charge in [-0.15, -0.1) is 0 Å². The molecule has 27 heavy (non-hydrogen) atoms. The topological polar surface area (TPSA) is 76.7 Å². The van der Waals surface area contributed by atoms with E-state index in [0.29, 0.717) is 17.9 Å². The van der Waals surface area contributed by atoms with Crippen LogP contribution in [0.5, 0.6) is 5.75 Å². The lowest BCUT2D eigenvalue weighted by Crippen LogP contribution is -2.38. The molecular formula is C21H24N2O4. The zero-order valence-electron chi connectivity index (χ0n) is 15.6. The lowest BCUT2D eigenvalue weighted by molar-refractivity contribution is 0.0597. The third-order valence-electron chi connectivity index (χ3n) is 4.80. The van der Waals surface area contributed by atoms with Gasteiger partial charge in [-0.25, -0.2) is 9.59 Å². The third-order valence-corrected chi connectivity index (χ3v) is 4.80. The number of hydrogen-bond donors (Lipinski definition) is 2. The summed E-state index contributed by atoms with van der Waals surface area (Å²) in [5.74, 6) is -0.0363. The van der Waals surface area contributed by atoms with Crippen molar-refractivity contribution >= 4 is 12.0 Å². The van der Waals surface area contributed by atoms with Crippen molar-refractivity contribution in [2.24, 2.45) is 0 Å². The van der Waals surface area contributed by atoms with Gasteiger partial charge in [-0.1, -0.05) is 30.3 Å². The van der Waals surface area contributed by atoms with Crippen molar-refractivity contribution in [2.45, 2.75) is 31.8 Å². The second-order valence-electron chi connectivity index (χ2n) is 6.50. The standard InChI is InChI=1S/C21H24N2O4/c1-26-19-11-10-14(12-17(19)20(24)27-2)13-22-21(25)23-18-9-5-7-15-6-3-4-8-16(15)18/h3-4,6,8,10-12,18H,5,7,9,13H2,1-2H3,(H2,22,23,25). The molecule has 3 rings (SSSR count). The number of benzene rings is 2. The number of ether oxygens (including phenoxy) is 2. The molecule has 2 amide bonds. The molecule has 0 radical (unpaired) electrons. The minimum atomic E-state index is -0.475. The highest BCUT2D eigenvalue weighted by Gasteiger charge is 2.21. The molecule has 0 aromatic heterocycles. The number of aryl methyl sites for hydroxylation is 1. The van der Waals surface area contributed by atoms with Gasteiger partial charge in [0.1, 0.15) is 11.3 Å². The quantitative estimate of drug-likeness (QED) is 0.794. The predicted octanol–water partition coefficient (Wildman–Crippen LogP) is 3.36. The fourth-order valence-electron chi connectivity index (χ4n) is 3.43. The monoisotopic (exact) mass is 368 g/mol. The van der Waals surface area contributed by atoms with Gasteiger partial charge in [-0.2, -0.15) is 0 Å². The lowest BCUT2D eigenvalue weighted by Gasteiger charge is -2.26. The van der Waals surface area contributed by atoms with Crippen LogP contribution < -0.4 is 15.4 Å². The highest BCUT2D eigenvalue weighted by Crippen LogP contribution is 2.29. The van der Waals surface area contributed by atoms with Gasteiger partial charge in [0.05, 0.1) is 20.3 Å². The average molecular weight is 368 g/mol. The Morgan fingerprint density at radius 1 is 1.15 bits per heavy atom. The van der Waals surface area contributed by atoms with Crippen LogP contribution in [0.3, 0.4) is 0 Å². The van der Waals surface area contributed by atoms with Gasteiger partial charge in [0.2, 0.25) is 0 Å². The van der Waals surface area contributed by atoms with E-state index in [1.807, 2.05) is 18.2 Å². The van der Waals surface area contributed by atoms with Crippen molar-refractivity contribution in [3.05, 3.63) is 64.7 Å². The zero-order chi connectivity index (χ0) is 19.2. The number of nitrogens with one attached hydrogen (secondary N) is 2. The summed E-state index contributed by atoms with van der Waals surface area (Å²) < 4.78 is 9.96. The maximum absolute atomic E-state index is 12.4. The van der Waals surface area contributed by atoms with Gasteiger partial charge < -0.3 is 20.1 Å². The van der Waals surface area contributed by atoms with E-state index >= 15 is 0 Å². The highest BCUT2D eigenvalue weighted by atomic mass is 16.5. The van der Waals surface area contributed by atoms with Gasteiger partial charge in [-0.05, 0) is 48.1 Å². The molecule has 0 saturated carbocycles. The molecule has 1 atom stereocenters. The number of amides is 2. The number of carbonyl (C=O) groups is 2. The summed E-state index contributed by atoms with van der Waals surface area (Å²) in [5.41, 5.74) is 3.61. The summed E-state index contributed by atoms with van der Waals surface area (Å²) in [6.45, 7) is 0.300. The molecule has 0 aliphatic heterocycles. The van der Waals surface area contributed by atoms with Crippen LogP contribution >= 0.6 is 0 Å². The molecule has 0 fully saturated rings. The van der Waals surface area contributed by atoms with E-state index in [0.717, 1.165) is 24.8 Å². The molecule has 1 aliphatic carbocycles. The van der Waals surface area contributed by atoms with Crippen molar-refractivity contribution in [1.29, 1.82) is 0 Å². The number of rotatable bonds is 5. The second-order valence-corrected chi connectivity index (χ2v) is 6.50.